The molecule has 0 saturated heterocycles. The Morgan fingerprint density at radius 1 is 0.525 bits per heavy atom. The molecule has 4 nitrogen and oxygen atoms in total. The number of rotatable bonds is 6. The molecule has 2 unspecified atom stereocenters. The van der Waals surface area contributed by atoms with Crippen LogP contribution in [-0.2, 0) is 0 Å². The quantitative estimate of drug-likeness (QED) is 0.228. The second-order valence-corrected chi connectivity index (χ2v) is 9.66. The number of hydrogen-bond donors (Lipinski definition) is 2. The van der Waals surface area contributed by atoms with Gasteiger partial charge in [-0.1, -0.05) is 97.1 Å². The molecule has 0 spiro atoms. The largest absolute Gasteiger partial charge is 0.348 e. The summed E-state index contributed by atoms with van der Waals surface area (Å²) in [5.41, 5.74) is 6.51. The lowest BCUT2D eigenvalue weighted by molar-refractivity contribution is 0.596. The van der Waals surface area contributed by atoms with E-state index in [4.69, 9.17) is 0 Å². The predicted octanol–water partition coefficient (Wildman–Crippen LogP) is 8.07. The van der Waals surface area contributed by atoms with Crippen LogP contribution in [0.4, 0.5) is 8.78 Å². The molecule has 0 aliphatic rings. The zero-order valence-corrected chi connectivity index (χ0v) is 22.4. The number of aromatic nitrogens is 4. The Kier molecular flexibility index (Phi) is 8.26. The molecule has 0 amide bonds. The van der Waals surface area contributed by atoms with Gasteiger partial charge in [-0.05, 0) is 36.1 Å². The second kappa shape index (κ2) is 12.3. The number of benzene rings is 4. The van der Waals surface area contributed by atoms with E-state index in [0.717, 1.165) is 22.5 Å². The summed E-state index contributed by atoms with van der Waals surface area (Å²) in [6.07, 6.45) is 6.75. The van der Waals surface area contributed by atoms with Crippen molar-refractivity contribution in [1.29, 1.82) is 0 Å². The lowest BCUT2D eigenvalue weighted by atomic mass is 9.87. The Balaban J connectivity index is 0.000000161. The van der Waals surface area contributed by atoms with Gasteiger partial charge >= 0.3 is 0 Å². The number of imidazole rings is 2. The highest BCUT2D eigenvalue weighted by Gasteiger charge is 2.23. The minimum Gasteiger partial charge on any atom is -0.348 e. The van der Waals surface area contributed by atoms with Crippen LogP contribution in [0.5, 0.6) is 0 Å². The number of aromatic amines is 2. The van der Waals surface area contributed by atoms with Gasteiger partial charge in [-0.15, -0.1) is 0 Å². The summed E-state index contributed by atoms with van der Waals surface area (Å²) in [5, 5.41) is 0. The number of H-pyrrole nitrogens is 2. The van der Waals surface area contributed by atoms with E-state index in [-0.39, 0.29) is 23.5 Å². The maximum Gasteiger partial charge on any atom is 0.130 e. The standard InChI is InChI=1S/2C17H15FN2/c2*1-12-6-5-9-14(17(12)18)16(15-10-19-11-20-15)13-7-3-2-4-8-13/h2*2-11,16H,1H3,(H,19,20). The van der Waals surface area contributed by atoms with Gasteiger partial charge in [0.25, 0.3) is 0 Å². The lowest BCUT2D eigenvalue weighted by Gasteiger charge is -2.18. The molecule has 200 valence electrons. The van der Waals surface area contributed by atoms with Crippen molar-refractivity contribution in [2.45, 2.75) is 25.7 Å². The van der Waals surface area contributed by atoms with Crippen LogP contribution < -0.4 is 0 Å². The minimum atomic E-state index is -0.168. The summed E-state index contributed by atoms with van der Waals surface area (Å²) >= 11 is 0. The number of nitrogens with zero attached hydrogens (tertiary/aromatic N) is 2. The first-order valence-corrected chi connectivity index (χ1v) is 13.1. The van der Waals surface area contributed by atoms with Crippen molar-refractivity contribution < 1.29 is 8.78 Å². The normalized spacial score (nSPS) is 12.3. The van der Waals surface area contributed by atoms with E-state index in [0.29, 0.717) is 22.3 Å². The fourth-order valence-corrected chi connectivity index (χ4v) is 4.98. The van der Waals surface area contributed by atoms with Gasteiger partial charge in [0.2, 0.25) is 0 Å². The number of hydrogen-bond acceptors (Lipinski definition) is 2. The van der Waals surface area contributed by atoms with Crippen LogP contribution in [0.2, 0.25) is 0 Å². The highest BCUT2D eigenvalue weighted by atomic mass is 19.1. The van der Waals surface area contributed by atoms with Gasteiger partial charge < -0.3 is 9.97 Å². The summed E-state index contributed by atoms with van der Waals surface area (Å²) < 4.78 is 29.0. The highest BCUT2D eigenvalue weighted by Crippen LogP contribution is 2.34. The van der Waals surface area contributed by atoms with Crippen molar-refractivity contribution in [2.75, 3.05) is 0 Å². The van der Waals surface area contributed by atoms with E-state index >= 15 is 0 Å². The minimum absolute atomic E-state index is 0.157. The predicted molar refractivity (Wildman–Crippen MR) is 154 cm³/mol. The third-order valence-electron chi connectivity index (χ3n) is 6.99. The first-order chi connectivity index (χ1) is 19.5. The Labute approximate surface area is 232 Å². The van der Waals surface area contributed by atoms with Crippen LogP contribution in [0.25, 0.3) is 0 Å². The molecule has 4 aromatic carbocycles. The van der Waals surface area contributed by atoms with Crippen molar-refractivity contribution in [3.05, 3.63) is 179 Å². The van der Waals surface area contributed by atoms with Crippen LogP contribution in [0.15, 0.2) is 122 Å². The molecular weight excluding hydrogens is 502 g/mol. The molecule has 6 rings (SSSR count). The molecular formula is C34H30F2N4. The van der Waals surface area contributed by atoms with E-state index in [1.807, 2.05) is 84.9 Å². The number of halogens is 2. The fraction of sp³-hybridized carbons (Fsp3) is 0.118. The van der Waals surface area contributed by atoms with Gasteiger partial charge in [0.05, 0.1) is 24.5 Å². The van der Waals surface area contributed by atoms with Crippen LogP contribution in [0.3, 0.4) is 0 Å². The maximum absolute atomic E-state index is 14.5. The zero-order valence-electron chi connectivity index (χ0n) is 22.4. The van der Waals surface area contributed by atoms with Crippen molar-refractivity contribution in [3.8, 4) is 0 Å². The van der Waals surface area contributed by atoms with Gasteiger partial charge in [0.1, 0.15) is 11.6 Å². The fourth-order valence-electron chi connectivity index (χ4n) is 4.98. The molecule has 0 aliphatic heterocycles. The van der Waals surface area contributed by atoms with Gasteiger partial charge in [-0.2, -0.15) is 0 Å². The van der Waals surface area contributed by atoms with E-state index < -0.39 is 0 Å². The molecule has 0 aliphatic carbocycles. The van der Waals surface area contributed by atoms with Gasteiger partial charge in [-0.25, -0.2) is 18.7 Å². The molecule has 0 bridgehead atoms. The van der Waals surface area contributed by atoms with Crippen LogP contribution in [0, 0.1) is 25.5 Å². The molecule has 6 aromatic rings. The molecule has 0 fully saturated rings. The highest BCUT2D eigenvalue weighted by molar-refractivity contribution is 5.43. The second-order valence-electron chi connectivity index (χ2n) is 9.66. The molecule has 0 radical (unpaired) electrons. The van der Waals surface area contributed by atoms with E-state index in [9.17, 15) is 8.78 Å². The van der Waals surface area contributed by atoms with Crippen LogP contribution in [0.1, 0.15) is 56.6 Å². The third-order valence-corrected chi connectivity index (χ3v) is 6.99. The average molecular weight is 533 g/mol. The average Bonchev–Trinajstić information content (AvgIpc) is 3.71. The summed E-state index contributed by atoms with van der Waals surface area (Å²) in [5.74, 6) is -0.649. The Morgan fingerprint density at radius 2 is 0.925 bits per heavy atom. The molecule has 40 heavy (non-hydrogen) atoms. The summed E-state index contributed by atoms with van der Waals surface area (Å²) in [6, 6.07) is 30.8. The number of nitrogens with one attached hydrogen (secondary N) is 2. The van der Waals surface area contributed by atoms with Crippen LogP contribution >= 0.6 is 0 Å². The first kappa shape index (κ1) is 26.8. The Morgan fingerprint density at radius 3 is 1.27 bits per heavy atom. The smallest absolute Gasteiger partial charge is 0.130 e. The molecule has 2 atom stereocenters. The van der Waals surface area contributed by atoms with E-state index in [1.54, 1.807) is 51.0 Å². The molecule has 2 aromatic heterocycles. The molecule has 2 N–H and O–H groups in total. The monoisotopic (exact) mass is 532 g/mol. The third kappa shape index (κ3) is 5.76. The van der Waals surface area contributed by atoms with Gasteiger partial charge in [-0.3, -0.25) is 0 Å². The SMILES string of the molecule is Cc1cccc(C(c2ccccc2)c2cnc[nH]2)c1F.Cc1cccc(C(c2ccccc2)c2cnc[nH]2)c1F. The first-order valence-electron chi connectivity index (χ1n) is 13.1. The maximum atomic E-state index is 14.5. The van der Waals surface area contributed by atoms with Gasteiger partial charge in [0, 0.05) is 34.9 Å². The molecule has 0 saturated carbocycles. The number of aryl methyl sites for hydroxylation is 2. The van der Waals surface area contributed by atoms with Gasteiger partial charge in [0.15, 0.2) is 0 Å². The van der Waals surface area contributed by atoms with Crippen molar-refractivity contribution in [1.82, 2.24) is 19.9 Å². The van der Waals surface area contributed by atoms with E-state index in [1.165, 1.54) is 0 Å². The summed E-state index contributed by atoms with van der Waals surface area (Å²) in [6.45, 7) is 3.57. The van der Waals surface area contributed by atoms with E-state index in [2.05, 4.69) is 19.9 Å². The topological polar surface area (TPSA) is 57.4 Å². The Hall–Kier alpha value is -4.84. The summed E-state index contributed by atoms with van der Waals surface area (Å²) in [7, 11) is 0. The van der Waals surface area contributed by atoms with Crippen LogP contribution in [-0.4, -0.2) is 19.9 Å². The molecule has 2 heterocycles. The van der Waals surface area contributed by atoms with Crippen molar-refractivity contribution >= 4 is 0 Å². The zero-order chi connectivity index (χ0) is 27.9. The summed E-state index contributed by atoms with van der Waals surface area (Å²) in [4.78, 5) is 14.3. The van der Waals surface area contributed by atoms with Crippen molar-refractivity contribution in [2.24, 2.45) is 0 Å². The lowest BCUT2D eigenvalue weighted by Crippen LogP contribution is -2.07. The molecule has 6 heteroatoms. The van der Waals surface area contributed by atoms with Crippen molar-refractivity contribution in [3.63, 3.8) is 0 Å². The Bertz CT molecular complexity index is 1510.